The third-order valence-electron chi connectivity index (χ3n) is 6.78. The number of alkyl halides is 4. The SMILES string of the molecule is C.C.Nc1ccn([C@@H]2O[C@@](CO)(CCl)[C@@H](O)[C@H]2Cl)c(=O)n1.Nc1ccn([C@@H]2O[C@](CCl)(COP(=O)([O-])OP(=O)([O-])OP(=O)([O-])[O-])[C@@H](O)[C@H]2Cl)c(=O)n1.[Na+].[Na+].[Na+].[Na+]. The van der Waals surface area contributed by atoms with Gasteiger partial charge in [0.25, 0.3) is 15.6 Å². The Balaban J connectivity index is -0.000000473. The number of anilines is 2. The molecule has 7 N–H and O–H groups in total. The minimum absolute atomic E-state index is 0. The predicted octanol–water partition coefficient (Wildman–Crippen LogP) is -14.3. The fourth-order valence-electron chi connectivity index (χ4n) is 4.33. The van der Waals surface area contributed by atoms with Gasteiger partial charge in [0.2, 0.25) is 0 Å². The number of aromatic nitrogens is 4. The van der Waals surface area contributed by atoms with Crippen LogP contribution in [0.5, 0.6) is 0 Å². The van der Waals surface area contributed by atoms with E-state index in [4.69, 9.17) is 67.3 Å². The van der Waals surface area contributed by atoms with Gasteiger partial charge in [-0.25, -0.2) is 13.9 Å². The van der Waals surface area contributed by atoms with Gasteiger partial charge in [-0.15, -0.1) is 46.4 Å². The zero-order valence-electron chi connectivity index (χ0n) is 28.5. The molecule has 300 valence electrons. The molecule has 0 amide bonds. The van der Waals surface area contributed by atoms with Crippen molar-refractivity contribution >= 4 is 81.5 Å². The number of aliphatic hydroxyl groups excluding tert-OH is 3. The number of phosphoric acid groups is 3. The molecule has 4 rings (SSSR count). The summed E-state index contributed by atoms with van der Waals surface area (Å²) in [7, 11) is -18.3. The van der Waals surface area contributed by atoms with Crippen molar-refractivity contribution in [3.63, 3.8) is 0 Å². The number of hydrogen-bond acceptors (Lipinski definition) is 21. The number of phosphoric ester groups is 1. The number of aliphatic hydroxyl groups is 3. The van der Waals surface area contributed by atoms with E-state index in [2.05, 4.69) is 23.1 Å². The van der Waals surface area contributed by atoms with Gasteiger partial charge in [0, 0.05) is 12.4 Å². The van der Waals surface area contributed by atoms with Crippen LogP contribution in [0.2, 0.25) is 0 Å². The van der Waals surface area contributed by atoms with Gasteiger partial charge in [0.1, 0.15) is 45.8 Å². The molecule has 2 aliphatic rings. The quantitative estimate of drug-likeness (QED) is 0.0749. The van der Waals surface area contributed by atoms with Crippen LogP contribution in [0.25, 0.3) is 0 Å². The van der Waals surface area contributed by atoms with Crippen molar-refractivity contribution in [2.75, 3.05) is 36.4 Å². The van der Waals surface area contributed by atoms with Crippen molar-refractivity contribution < 1.29 is 189 Å². The maximum atomic E-state index is 12.0. The summed E-state index contributed by atoms with van der Waals surface area (Å²) >= 11 is 23.6. The van der Waals surface area contributed by atoms with Gasteiger partial charge < -0.3 is 64.9 Å². The summed E-state index contributed by atoms with van der Waals surface area (Å²) in [6.45, 7) is -1.73. The maximum Gasteiger partial charge on any atom is 1.00 e. The molecule has 56 heavy (non-hydrogen) atoms. The largest absolute Gasteiger partial charge is 1.00 e. The number of rotatable bonds is 12. The first-order chi connectivity index (χ1) is 23.0. The first-order valence-corrected chi connectivity index (χ1v) is 19.4. The van der Waals surface area contributed by atoms with Crippen molar-refractivity contribution in [3.05, 3.63) is 45.5 Å². The average molecular weight is 980 g/mol. The van der Waals surface area contributed by atoms with E-state index in [1.54, 1.807) is 0 Å². The Kier molecular flexibility index (Phi) is 30.9. The summed E-state index contributed by atoms with van der Waals surface area (Å²) in [4.78, 5) is 74.3. The third-order valence-corrected chi connectivity index (χ3v) is 12.2. The minimum Gasteiger partial charge on any atom is -0.790 e. The van der Waals surface area contributed by atoms with Crippen LogP contribution in [0.1, 0.15) is 27.3 Å². The molecule has 2 fully saturated rings. The molecule has 2 unspecified atom stereocenters. The number of nitrogen functional groups attached to an aromatic ring is 2. The van der Waals surface area contributed by atoms with Crippen LogP contribution in [0, 0.1) is 0 Å². The molecule has 0 bridgehead atoms. The Morgan fingerprint density at radius 2 is 1.14 bits per heavy atom. The van der Waals surface area contributed by atoms with E-state index in [1.165, 1.54) is 18.3 Å². The molecular formula is C22H33Cl4N6Na4O17P3. The summed E-state index contributed by atoms with van der Waals surface area (Å²) in [5.74, 6) is -0.919. The second-order valence-corrected chi connectivity index (χ2v) is 16.0. The van der Waals surface area contributed by atoms with Crippen LogP contribution in [0.4, 0.5) is 11.6 Å². The summed E-state index contributed by atoms with van der Waals surface area (Å²) in [6.07, 6.45) is -2.93. The minimum atomic E-state index is -6.19. The van der Waals surface area contributed by atoms with Gasteiger partial charge in [0.05, 0.1) is 32.8 Å². The van der Waals surface area contributed by atoms with Crippen LogP contribution in [0.3, 0.4) is 0 Å². The predicted molar refractivity (Wildman–Crippen MR) is 176 cm³/mol. The van der Waals surface area contributed by atoms with Crippen LogP contribution in [0.15, 0.2) is 34.1 Å². The molecular weight excluding hydrogens is 947 g/mol. The Morgan fingerprint density at radius 1 is 0.768 bits per heavy atom. The zero-order valence-corrected chi connectivity index (χ0v) is 42.2. The molecule has 2 aromatic rings. The van der Waals surface area contributed by atoms with E-state index in [-0.39, 0.29) is 151 Å². The summed E-state index contributed by atoms with van der Waals surface area (Å²) in [6, 6.07) is 2.61. The van der Waals surface area contributed by atoms with Crippen molar-refractivity contribution in [3.8, 4) is 0 Å². The molecule has 0 radical (unpaired) electrons. The molecule has 0 saturated carbocycles. The molecule has 23 nitrogen and oxygen atoms in total. The first-order valence-electron chi connectivity index (χ1n) is 13.1. The number of halogens is 4. The van der Waals surface area contributed by atoms with Gasteiger partial charge in [-0.1, -0.05) is 14.9 Å². The molecule has 2 saturated heterocycles. The van der Waals surface area contributed by atoms with Crippen molar-refractivity contribution in [2.24, 2.45) is 0 Å². The number of ether oxygens (including phenoxy) is 2. The second kappa shape index (κ2) is 26.5. The summed E-state index contributed by atoms with van der Waals surface area (Å²) in [5.41, 5.74) is 5.63. The van der Waals surface area contributed by atoms with E-state index in [0.717, 1.165) is 15.3 Å². The third kappa shape index (κ3) is 16.7. The normalized spacial score (nSPS) is 28.7. The van der Waals surface area contributed by atoms with Gasteiger partial charge in [-0.3, -0.25) is 22.6 Å². The summed E-state index contributed by atoms with van der Waals surface area (Å²) in [5, 5.41) is 27.4. The fraction of sp³-hybridized carbons (Fsp3) is 0.636. The van der Waals surface area contributed by atoms with E-state index in [9.17, 15) is 58.2 Å². The zero-order chi connectivity index (χ0) is 38.0. The van der Waals surface area contributed by atoms with Gasteiger partial charge in [0.15, 0.2) is 12.5 Å². The fourth-order valence-corrected chi connectivity index (χ4v) is 8.65. The van der Waals surface area contributed by atoms with Crippen molar-refractivity contribution in [1.29, 1.82) is 0 Å². The Hall–Kier alpha value is 2.73. The van der Waals surface area contributed by atoms with Crippen LogP contribution >= 0.6 is 69.9 Å². The summed E-state index contributed by atoms with van der Waals surface area (Å²) < 4.78 is 56.9. The number of nitrogens with two attached hydrogens (primary N) is 2. The topological polar surface area (TPSA) is 372 Å². The maximum absolute atomic E-state index is 12.0. The molecule has 0 aromatic carbocycles. The van der Waals surface area contributed by atoms with Crippen molar-refractivity contribution in [1.82, 2.24) is 19.1 Å². The van der Waals surface area contributed by atoms with E-state index in [1.807, 2.05) is 0 Å². The molecule has 10 atom stereocenters. The van der Waals surface area contributed by atoms with Gasteiger partial charge in [-0.2, -0.15) is 9.97 Å². The average Bonchev–Trinajstić information content (AvgIpc) is 3.40. The number of hydrogen-bond donors (Lipinski definition) is 5. The molecule has 2 aromatic heterocycles. The molecule has 4 heterocycles. The first kappa shape index (κ1) is 65.3. The molecule has 34 heteroatoms. The Bertz CT molecular complexity index is 1810. The van der Waals surface area contributed by atoms with E-state index >= 15 is 0 Å². The van der Waals surface area contributed by atoms with E-state index < -0.39 is 101 Å². The second-order valence-electron chi connectivity index (χ2n) is 10.2. The van der Waals surface area contributed by atoms with Crippen molar-refractivity contribution in [2.45, 2.75) is 61.5 Å². The Morgan fingerprint density at radius 3 is 1.46 bits per heavy atom. The monoisotopic (exact) mass is 978 g/mol. The molecule has 0 spiro atoms. The van der Waals surface area contributed by atoms with Crippen LogP contribution in [-0.2, 0) is 36.3 Å². The Labute approximate surface area is 428 Å². The van der Waals surface area contributed by atoms with Gasteiger partial charge in [-0.05, 0) is 12.1 Å². The van der Waals surface area contributed by atoms with Crippen LogP contribution in [-0.4, -0.2) is 93.6 Å². The number of nitrogens with zero attached hydrogens (tertiary/aromatic N) is 4. The molecule has 2 aliphatic heterocycles. The smallest absolute Gasteiger partial charge is 0.790 e. The van der Waals surface area contributed by atoms with E-state index in [0.29, 0.717) is 0 Å². The molecule has 0 aliphatic carbocycles. The van der Waals surface area contributed by atoms with Crippen LogP contribution < -0.4 is 161 Å². The standard InChI is InChI=1S/C10H16Cl2N3O13P3.C10H13Cl2N3O4.2CH4.4Na/c11-3-10(4-25-30(21,22)28-31(23,24)27-29(18,19)20)7(16)6(12)8(26-10)15-2-1-5(13)14-9(15)17;11-3-10(4-16)7(17)6(12)8(19-10)15-2-1-5(13)14-9(15)18;;;;;;/h1-2,6-8,16H,3-4H2,(H,21,22)(H,23,24)(H2,13,14,17)(H2,18,19,20);1-2,6-8,16-17H,3-4H2,(H2,13,14,18);2*1H4;;;;/q;;;;4*+1/p-4/t2*6-,7+,8-,10-;;;;;;/m11....../s1. The van der Waals surface area contributed by atoms with Gasteiger partial charge >= 0.3 is 130 Å².